The van der Waals surface area contributed by atoms with Crippen LogP contribution in [0.1, 0.15) is 18.4 Å². The van der Waals surface area contributed by atoms with E-state index in [9.17, 15) is 17.6 Å². The highest BCUT2D eigenvalue weighted by atomic mass is 32.2. The molecule has 0 aromatic heterocycles. The third-order valence-corrected chi connectivity index (χ3v) is 5.88. The smallest absolute Gasteiger partial charge is 0.285 e. The summed E-state index contributed by atoms with van der Waals surface area (Å²) in [4.78, 5) is 14.6. The zero-order valence-electron chi connectivity index (χ0n) is 13.7. The maximum Gasteiger partial charge on any atom is 0.285 e. The molecule has 0 saturated carbocycles. The molecule has 0 aliphatic carbocycles. The Morgan fingerprint density at radius 3 is 2.65 bits per heavy atom. The molecule has 6 nitrogen and oxygen atoms in total. The van der Waals surface area contributed by atoms with Crippen LogP contribution in [0, 0.1) is 5.82 Å². The summed E-state index contributed by atoms with van der Waals surface area (Å²) >= 11 is 0. The minimum absolute atomic E-state index is 0.166. The number of carbonyl (C=O) groups excluding carboxylic acids is 1. The summed E-state index contributed by atoms with van der Waals surface area (Å²) in [5, 5.41) is 2.76. The predicted molar refractivity (Wildman–Crippen MR) is 94.9 cm³/mol. The molecule has 1 fully saturated rings. The molecule has 0 radical (unpaired) electrons. The van der Waals surface area contributed by atoms with Crippen LogP contribution in [0.25, 0.3) is 0 Å². The number of nitrogens with one attached hydrogen (secondary N) is 1. The van der Waals surface area contributed by atoms with E-state index in [4.69, 9.17) is 0 Å². The van der Waals surface area contributed by atoms with Crippen molar-refractivity contribution in [3.63, 3.8) is 0 Å². The lowest BCUT2D eigenvalue weighted by Gasteiger charge is -2.25. The van der Waals surface area contributed by atoms with Gasteiger partial charge in [0.05, 0.1) is 0 Å². The van der Waals surface area contributed by atoms with Gasteiger partial charge in [-0.25, -0.2) is 4.39 Å². The maximum atomic E-state index is 13.0. The molecular weight excluding hydrogens is 357 g/mol. The number of likely N-dealkylation sites (tertiary alicyclic amines) is 1. The quantitative estimate of drug-likeness (QED) is 0.877. The second kappa shape index (κ2) is 6.21. The van der Waals surface area contributed by atoms with E-state index >= 15 is 0 Å². The van der Waals surface area contributed by atoms with Gasteiger partial charge < -0.3 is 10.2 Å². The Kier molecular flexibility index (Phi) is 3.99. The molecular formula is C18H16FN3O3S. The number of amides is 1. The average Bonchev–Trinajstić information content (AvgIpc) is 3.20. The van der Waals surface area contributed by atoms with E-state index in [-0.39, 0.29) is 16.6 Å². The molecule has 1 saturated heterocycles. The number of amidine groups is 1. The molecule has 2 aliphatic rings. The molecule has 1 N–H and O–H groups in total. The van der Waals surface area contributed by atoms with Gasteiger partial charge in [0, 0.05) is 17.8 Å². The molecule has 26 heavy (non-hydrogen) atoms. The Morgan fingerprint density at radius 2 is 1.88 bits per heavy atom. The summed E-state index contributed by atoms with van der Waals surface area (Å²) in [7, 11) is -3.73. The molecule has 0 bridgehead atoms. The zero-order chi connectivity index (χ0) is 18.3. The second-order valence-electron chi connectivity index (χ2n) is 6.23. The first-order valence-corrected chi connectivity index (χ1v) is 9.67. The second-order valence-corrected chi connectivity index (χ2v) is 7.81. The molecule has 1 atom stereocenters. The lowest BCUT2D eigenvalue weighted by molar-refractivity contribution is -0.119. The lowest BCUT2D eigenvalue weighted by Crippen LogP contribution is -2.43. The normalized spacial score (nSPS) is 20.6. The van der Waals surface area contributed by atoms with E-state index in [1.165, 1.54) is 30.3 Å². The van der Waals surface area contributed by atoms with Gasteiger partial charge in [0.15, 0.2) is 5.84 Å². The number of benzene rings is 2. The number of sulfonamides is 1. The average molecular weight is 373 g/mol. The lowest BCUT2D eigenvalue weighted by atomic mass is 10.1. The van der Waals surface area contributed by atoms with E-state index in [1.54, 1.807) is 23.1 Å². The van der Waals surface area contributed by atoms with Gasteiger partial charge in [-0.15, -0.1) is 4.40 Å². The fraction of sp³-hybridized carbons (Fsp3) is 0.222. The minimum Gasteiger partial charge on any atom is -0.343 e. The molecule has 0 unspecified atom stereocenters. The molecule has 1 amide bonds. The van der Waals surface area contributed by atoms with E-state index in [0.717, 1.165) is 6.42 Å². The van der Waals surface area contributed by atoms with Gasteiger partial charge in [-0.2, -0.15) is 8.42 Å². The Labute approximate surface area is 150 Å². The number of carbonyl (C=O) groups is 1. The predicted octanol–water partition coefficient (Wildman–Crippen LogP) is 2.38. The Hall–Kier alpha value is -2.74. The number of nitrogens with zero attached hydrogens (tertiary/aromatic N) is 2. The number of fused-ring (bicyclic) bond motifs is 1. The van der Waals surface area contributed by atoms with Crippen molar-refractivity contribution in [3.05, 3.63) is 59.9 Å². The Balaban J connectivity index is 1.61. The molecule has 2 aromatic rings. The van der Waals surface area contributed by atoms with Crippen LogP contribution < -0.4 is 5.32 Å². The van der Waals surface area contributed by atoms with E-state index in [1.807, 2.05) is 0 Å². The summed E-state index contributed by atoms with van der Waals surface area (Å²) < 4.78 is 41.5. The molecule has 2 aromatic carbocycles. The summed E-state index contributed by atoms with van der Waals surface area (Å²) in [6.45, 7) is 0.546. The van der Waals surface area contributed by atoms with Crippen LogP contribution in [0.2, 0.25) is 0 Å². The monoisotopic (exact) mass is 373 g/mol. The van der Waals surface area contributed by atoms with Crippen molar-refractivity contribution < 1.29 is 17.6 Å². The highest BCUT2D eigenvalue weighted by Crippen LogP contribution is 2.31. The first kappa shape index (κ1) is 16.7. The minimum atomic E-state index is -3.73. The first-order chi connectivity index (χ1) is 12.5. The van der Waals surface area contributed by atoms with Gasteiger partial charge in [0.25, 0.3) is 10.0 Å². The highest BCUT2D eigenvalue weighted by molar-refractivity contribution is 7.90. The van der Waals surface area contributed by atoms with Crippen molar-refractivity contribution in [2.45, 2.75) is 23.8 Å². The van der Waals surface area contributed by atoms with Crippen LogP contribution in [0.15, 0.2) is 57.8 Å². The van der Waals surface area contributed by atoms with Gasteiger partial charge in [0.1, 0.15) is 16.8 Å². The molecule has 134 valence electrons. The summed E-state index contributed by atoms with van der Waals surface area (Å²) in [6.07, 6.45) is 1.34. The number of rotatable bonds is 2. The van der Waals surface area contributed by atoms with Crippen molar-refractivity contribution in [1.29, 1.82) is 0 Å². The van der Waals surface area contributed by atoms with Gasteiger partial charge in [0.2, 0.25) is 5.91 Å². The third kappa shape index (κ3) is 2.86. The van der Waals surface area contributed by atoms with Crippen LogP contribution in [0.3, 0.4) is 0 Å². The van der Waals surface area contributed by atoms with E-state index < -0.39 is 16.1 Å². The van der Waals surface area contributed by atoms with Crippen LogP contribution >= 0.6 is 0 Å². The molecule has 4 rings (SSSR count). The number of hydrogen-bond acceptors (Lipinski definition) is 4. The Bertz CT molecular complexity index is 1000. The summed E-state index contributed by atoms with van der Waals surface area (Å²) in [5.41, 5.74) is 1.01. The number of halogens is 1. The van der Waals surface area contributed by atoms with E-state index in [2.05, 4.69) is 9.71 Å². The maximum absolute atomic E-state index is 13.0. The van der Waals surface area contributed by atoms with Gasteiger partial charge >= 0.3 is 0 Å². The van der Waals surface area contributed by atoms with Crippen molar-refractivity contribution in [3.8, 4) is 0 Å². The highest BCUT2D eigenvalue weighted by Gasteiger charge is 2.39. The molecule has 2 heterocycles. The van der Waals surface area contributed by atoms with Crippen LogP contribution in [-0.4, -0.2) is 37.6 Å². The standard InChI is InChI=1S/C18H16FN3O3S/c19-12-7-9-13(10-8-12)20-18(23)15-5-3-11-22(15)17-14-4-1-2-6-16(14)26(24,25)21-17/h1-2,4,6-10,15H,3,5,11H2,(H,20,23)/t15-/m0/s1. The van der Waals surface area contributed by atoms with Crippen LogP contribution in [-0.2, 0) is 14.8 Å². The van der Waals surface area contributed by atoms with Crippen LogP contribution in [0.4, 0.5) is 10.1 Å². The molecule has 2 aliphatic heterocycles. The van der Waals surface area contributed by atoms with Crippen LogP contribution in [0.5, 0.6) is 0 Å². The third-order valence-electron chi connectivity index (χ3n) is 4.55. The van der Waals surface area contributed by atoms with Gasteiger partial charge in [-0.1, -0.05) is 12.1 Å². The number of anilines is 1. The van der Waals surface area contributed by atoms with Crippen molar-refractivity contribution in [2.75, 3.05) is 11.9 Å². The zero-order valence-corrected chi connectivity index (χ0v) is 14.5. The molecule has 8 heteroatoms. The van der Waals surface area contributed by atoms with E-state index in [0.29, 0.717) is 30.1 Å². The largest absolute Gasteiger partial charge is 0.343 e. The fourth-order valence-corrected chi connectivity index (χ4v) is 4.56. The SMILES string of the molecule is O=C(Nc1ccc(F)cc1)[C@@H]1CCCN1C1=NS(=O)(=O)c2ccccc21. The van der Waals surface area contributed by atoms with Crippen molar-refractivity contribution >= 4 is 27.5 Å². The number of hydrogen-bond donors (Lipinski definition) is 1. The molecule has 0 spiro atoms. The van der Waals surface area contributed by atoms with Gasteiger partial charge in [-0.05, 0) is 49.2 Å². The first-order valence-electron chi connectivity index (χ1n) is 8.23. The Morgan fingerprint density at radius 1 is 1.15 bits per heavy atom. The fourth-order valence-electron chi connectivity index (χ4n) is 3.35. The van der Waals surface area contributed by atoms with Gasteiger partial charge in [-0.3, -0.25) is 4.79 Å². The van der Waals surface area contributed by atoms with Crippen molar-refractivity contribution in [2.24, 2.45) is 4.40 Å². The summed E-state index contributed by atoms with van der Waals surface area (Å²) in [5.74, 6) is -0.330. The topological polar surface area (TPSA) is 78.8 Å². The summed E-state index contributed by atoms with van der Waals surface area (Å²) in [6, 6.07) is 11.6. The van der Waals surface area contributed by atoms with Crippen molar-refractivity contribution in [1.82, 2.24) is 4.90 Å².